The van der Waals surface area contributed by atoms with Gasteiger partial charge >= 0.3 is 0 Å². The highest BCUT2D eigenvalue weighted by atomic mass is 16.7. The molecule has 3 amide bonds. The molecule has 26 heavy (non-hydrogen) atoms. The lowest BCUT2D eigenvalue weighted by Gasteiger charge is -2.18. The van der Waals surface area contributed by atoms with Crippen LogP contribution in [0.5, 0.6) is 11.5 Å². The number of nitrogens with one attached hydrogen (secondary N) is 1. The number of imide groups is 1. The van der Waals surface area contributed by atoms with E-state index in [9.17, 15) is 14.4 Å². The highest BCUT2D eigenvalue weighted by molar-refractivity contribution is 6.22. The molecular weight excluding hydrogens is 336 g/mol. The summed E-state index contributed by atoms with van der Waals surface area (Å²) in [4.78, 5) is 38.0. The summed E-state index contributed by atoms with van der Waals surface area (Å²) >= 11 is 0. The summed E-state index contributed by atoms with van der Waals surface area (Å²) in [6, 6.07) is 11.7. The van der Waals surface area contributed by atoms with Crippen LogP contribution >= 0.6 is 0 Å². The molecular formula is C19H16N2O5. The van der Waals surface area contributed by atoms with Crippen molar-refractivity contribution in [1.82, 2.24) is 10.2 Å². The van der Waals surface area contributed by atoms with E-state index in [0.717, 1.165) is 10.5 Å². The molecule has 2 aromatic rings. The molecule has 0 aliphatic carbocycles. The molecule has 2 aromatic carbocycles. The maximum absolute atomic E-state index is 12.3. The van der Waals surface area contributed by atoms with E-state index in [2.05, 4.69) is 5.32 Å². The Morgan fingerprint density at radius 1 is 1.08 bits per heavy atom. The molecule has 0 saturated carbocycles. The minimum Gasteiger partial charge on any atom is -0.454 e. The SMILES string of the molecule is CC(NC(=O)CN1C(=O)c2ccccc2C1=O)c1ccc2c(c1)OCO2. The maximum Gasteiger partial charge on any atom is 0.262 e. The second kappa shape index (κ2) is 6.18. The van der Waals surface area contributed by atoms with Crippen LogP contribution < -0.4 is 14.8 Å². The number of amides is 3. The van der Waals surface area contributed by atoms with Gasteiger partial charge in [0.25, 0.3) is 11.8 Å². The van der Waals surface area contributed by atoms with Gasteiger partial charge in [0, 0.05) is 0 Å². The summed E-state index contributed by atoms with van der Waals surface area (Å²) < 4.78 is 10.6. The molecule has 2 aliphatic heterocycles. The summed E-state index contributed by atoms with van der Waals surface area (Å²) in [5.74, 6) is -0.0140. The zero-order valence-electron chi connectivity index (χ0n) is 14.0. The highest BCUT2D eigenvalue weighted by Crippen LogP contribution is 2.34. The number of carbonyl (C=O) groups is 3. The average Bonchev–Trinajstić information content (AvgIpc) is 3.20. The topological polar surface area (TPSA) is 84.9 Å². The van der Waals surface area contributed by atoms with Gasteiger partial charge in [-0.1, -0.05) is 18.2 Å². The van der Waals surface area contributed by atoms with Gasteiger partial charge in [-0.2, -0.15) is 0 Å². The van der Waals surface area contributed by atoms with Gasteiger partial charge in [0.1, 0.15) is 6.54 Å². The predicted molar refractivity (Wildman–Crippen MR) is 90.9 cm³/mol. The monoisotopic (exact) mass is 352 g/mol. The van der Waals surface area contributed by atoms with E-state index in [-0.39, 0.29) is 19.4 Å². The van der Waals surface area contributed by atoms with Crippen molar-refractivity contribution in [3.05, 3.63) is 59.2 Å². The second-order valence-electron chi connectivity index (χ2n) is 6.14. The Bertz CT molecular complexity index is 889. The first kappa shape index (κ1) is 16.1. The van der Waals surface area contributed by atoms with E-state index in [4.69, 9.17) is 9.47 Å². The molecule has 1 atom stereocenters. The summed E-state index contributed by atoms with van der Waals surface area (Å²) in [6.07, 6.45) is 0. The Hall–Kier alpha value is -3.35. The summed E-state index contributed by atoms with van der Waals surface area (Å²) in [7, 11) is 0. The lowest BCUT2D eigenvalue weighted by Crippen LogP contribution is -2.41. The van der Waals surface area contributed by atoms with E-state index >= 15 is 0 Å². The third-order valence-corrected chi connectivity index (χ3v) is 4.45. The van der Waals surface area contributed by atoms with Crippen molar-refractivity contribution in [2.75, 3.05) is 13.3 Å². The average molecular weight is 352 g/mol. The fraction of sp³-hybridized carbons (Fsp3) is 0.211. The van der Waals surface area contributed by atoms with Crippen molar-refractivity contribution >= 4 is 17.7 Å². The molecule has 0 radical (unpaired) electrons. The van der Waals surface area contributed by atoms with Gasteiger partial charge in [0.2, 0.25) is 12.7 Å². The van der Waals surface area contributed by atoms with Gasteiger partial charge in [-0.15, -0.1) is 0 Å². The van der Waals surface area contributed by atoms with Crippen LogP contribution in [0.3, 0.4) is 0 Å². The number of benzene rings is 2. The third kappa shape index (κ3) is 2.67. The largest absolute Gasteiger partial charge is 0.454 e. The Morgan fingerprint density at radius 3 is 2.42 bits per heavy atom. The zero-order valence-corrected chi connectivity index (χ0v) is 14.0. The van der Waals surface area contributed by atoms with Crippen LogP contribution in [0.15, 0.2) is 42.5 Å². The zero-order chi connectivity index (χ0) is 18.3. The van der Waals surface area contributed by atoms with Crippen LogP contribution in [-0.4, -0.2) is 36.0 Å². The van der Waals surface area contributed by atoms with Gasteiger partial charge in [-0.05, 0) is 36.8 Å². The van der Waals surface area contributed by atoms with Crippen molar-refractivity contribution in [3.8, 4) is 11.5 Å². The number of carbonyl (C=O) groups excluding carboxylic acids is 3. The molecule has 1 unspecified atom stereocenters. The first-order valence-corrected chi connectivity index (χ1v) is 8.19. The van der Waals surface area contributed by atoms with Crippen LogP contribution in [-0.2, 0) is 4.79 Å². The second-order valence-corrected chi connectivity index (χ2v) is 6.14. The summed E-state index contributed by atoms with van der Waals surface area (Å²) in [5, 5.41) is 2.80. The van der Waals surface area contributed by atoms with E-state index in [0.29, 0.717) is 22.6 Å². The van der Waals surface area contributed by atoms with Crippen molar-refractivity contribution in [2.45, 2.75) is 13.0 Å². The van der Waals surface area contributed by atoms with Gasteiger partial charge in [0.15, 0.2) is 11.5 Å². The number of hydrogen-bond donors (Lipinski definition) is 1. The lowest BCUT2D eigenvalue weighted by molar-refractivity contribution is -0.122. The number of hydrogen-bond acceptors (Lipinski definition) is 5. The molecule has 7 heteroatoms. The van der Waals surface area contributed by atoms with Gasteiger partial charge in [-0.3, -0.25) is 19.3 Å². The lowest BCUT2D eigenvalue weighted by atomic mass is 10.1. The van der Waals surface area contributed by atoms with Crippen LogP contribution in [0, 0.1) is 0 Å². The number of fused-ring (bicyclic) bond motifs is 2. The fourth-order valence-corrected chi connectivity index (χ4v) is 3.08. The van der Waals surface area contributed by atoms with Crippen molar-refractivity contribution in [1.29, 1.82) is 0 Å². The number of rotatable bonds is 4. The fourth-order valence-electron chi connectivity index (χ4n) is 3.08. The van der Waals surface area contributed by atoms with Crippen LogP contribution in [0.4, 0.5) is 0 Å². The molecule has 4 rings (SSSR count). The molecule has 2 heterocycles. The molecule has 0 saturated heterocycles. The van der Waals surface area contributed by atoms with E-state index in [1.807, 2.05) is 13.0 Å². The molecule has 132 valence electrons. The smallest absolute Gasteiger partial charge is 0.262 e. The van der Waals surface area contributed by atoms with Gasteiger partial charge in [-0.25, -0.2) is 0 Å². The number of nitrogens with zero attached hydrogens (tertiary/aromatic N) is 1. The third-order valence-electron chi connectivity index (χ3n) is 4.45. The molecule has 0 aromatic heterocycles. The highest BCUT2D eigenvalue weighted by Gasteiger charge is 2.36. The molecule has 1 N–H and O–H groups in total. The van der Waals surface area contributed by atoms with E-state index < -0.39 is 17.7 Å². The molecule has 7 nitrogen and oxygen atoms in total. The Kier molecular flexibility index (Phi) is 3.84. The Labute approximate surface area is 149 Å². The Morgan fingerprint density at radius 2 is 1.73 bits per heavy atom. The Balaban J connectivity index is 1.43. The van der Waals surface area contributed by atoms with E-state index in [1.54, 1.807) is 36.4 Å². The molecule has 0 fully saturated rings. The van der Waals surface area contributed by atoms with E-state index in [1.165, 1.54) is 0 Å². The maximum atomic E-state index is 12.3. The van der Waals surface area contributed by atoms with Crippen molar-refractivity contribution < 1.29 is 23.9 Å². The molecule has 0 bridgehead atoms. The number of ether oxygens (including phenoxy) is 2. The predicted octanol–water partition coefficient (Wildman–Crippen LogP) is 1.89. The minimum absolute atomic E-state index is 0.180. The van der Waals surface area contributed by atoms with Gasteiger partial charge < -0.3 is 14.8 Å². The molecule has 2 aliphatic rings. The first-order valence-electron chi connectivity index (χ1n) is 8.19. The molecule has 0 spiro atoms. The standard InChI is InChI=1S/C19H16N2O5/c1-11(12-6-7-15-16(8-12)26-10-25-15)20-17(22)9-21-18(23)13-4-2-3-5-14(13)19(21)24/h2-8,11H,9-10H2,1H3,(H,20,22). The van der Waals surface area contributed by atoms with Gasteiger partial charge in [0.05, 0.1) is 17.2 Å². The van der Waals surface area contributed by atoms with Crippen molar-refractivity contribution in [3.63, 3.8) is 0 Å². The quantitative estimate of drug-likeness (QED) is 0.850. The van der Waals surface area contributed by atoms with Crippen LogP contribution in [0.25, 0.3) is 0 Å². The minimum atomic E-state index is -0.448. The normalized spacial score (nSPS) is 15.8. The van der Waals surface area contributed by atoms with Crippen molar-refractivity contribution in [2.24, 2.45) is 0 Å². The summed E-state index contributed by atoms with van der Waals surface area (Å²) in [6.45, 7) is 1.68. The van der Waals surface area contributed by atoms with Crippen LogP contribution in [0.1, 0.15) is 39.2 Å². The summed E-state index contributed by atoms with van der Waals surface area (Å²) in [5.41, 5.74) is 1.49. The first-order chi connectivity index (χ1) is 12.5. The van der Waals surface area contributed by atoms with Crippen LogP contribution in [0.2, 0.25) is 0 Å².